The molecule has 0 aromatic heterocycles. The number of hydrogen-bond donors (Lipinski definition) is 1. The topological polar surface area (TPSA) is 12.0 Å². The highest BCUT2D eigenvalue weighted by atomic mass is 19.1. The lowest BCUT2D eigenvalue weighted by molar-refractivity contribution is 0.262. The Labute approximate surface area is 110 Å². The molecule has 1 saturated carbocycles. The van der Waals surface area contributed by atoms with Gasteiger partial charge in [0.2, 0.25) is 0 Å². The van der Waals surface area contributed by atoms with Gasteiger partial charge in [0.1, 0.15) is 5.82 Å². The van der Waals surface area contributed by atoms with E-state index in [-0.39, 0.29) is 5.82 Å². The van der Waals surface area contributed by atoms with Gasteiger partial charge in [0.05, 0.1) is 0 Å². The van der Waals surface area contributed by atoms with Crippen LogP contribution in [0.25, 0.3) is 0 Å². The molecule has 0 amide bonds. The van der Waals surface area contributed by atoms with E-state index >= 15 is 0 Å². The van der Waals surface area contributed by atoms with Crippen molar-refractivity contribution in [2.75, 3.05) is 6.54 Å². The maximum atomic E-state index is 12.7. The summed E-state index contributed by atoms with van der Waals surface area (Å²) in [5.74, 6) is 1.66. The molecule has 0 saturated heterocycles. The summed E-state index contributed by atoms with van der Waals surface area (Å²) < 4.78 is 12.7. The molecule has 0 radical (unpaired) electrons. The zero-order valence-electron chi connectivity index (χ0n) is 11.3. The highest BCUT2D eigenvalue weighted by molar-refractivity contribution is 5.15. The molecule has 1 N–H and O–H groups in total. The lowest BCUT2D eigenvalue weighted by atomic mass is 9.81. The van der Waals surface area contributed by atoms with Gasteiger partial charge in [-0.2, -0.15) is 0 Å². The molecule has 0 heterocycles. The highest BCUT2D eigenvalue weighted by Gasteiger charge is 2.19. The molecule has 100 valence electrons. The van der Waals surface area contributed by atoms with Gasteiger partial charge in [0, 0.05) is 6.54 Å². The maximum Gasteiger partial charge on any atom is 0.123 e. The van der Waals surface area contributed by atoms with E-state index in [4.69, 9.17) is 0 Å². The zero-order chi connectivity index (χ0) is 12.8. The third-order valence-electron chi connectivity index (χ3n) is 4.22. The zero-order valence-corrected chi connectivity index (χ0v) is 11.3. The van der Waals surface area contributed by atoms with E-state index in [9.17, 15) is 4.39 Å². The number of nitrogens with one attached hydrogen (secondary N) is 1. The summed E-state index contributed by atoms with van der Waals surface area (Å²) in [5.41, 5.74) is 1.17. The van der Waals surface area contributed by atoms with Crippen molar-refractivity contribution < 1.29 is 4.39 Å². The second-order valence-corrected chi connectivity index (χ2v) is 5.55. The third kappa shape index (κ3) is 4.09. The van der Waals surface area contributed by atoms with E-state index in [0.717, 1.165) is 24.9 Å². The van der Waals surface area contributed by atoms with Gasteiger partial charge >= 0.3 is 0 Å². The molecule has 0 unspecified atom stereocenters. The monoisotopic (exact) mass is 249 g/mol. The minimum absolute atomic E-state index is 0.156. The predicted molar refractivity (Wildman–Crippen MR) is 73.8 cm³/mol. The molecule has 0 atom stereocenters. The van der Waals surface area contributed by atoms with E-state index in [1.807, 2.05) is 12.1 Å². The number of hydrogen-bond acceptors (Lipinski definition) is 1. The van der Waals surface area contributed by atoms with Crippen molar-refractivity contribution in [2.45, 2.75) is 45.6 Å². The van der Waals surface area contributed by atoms with Crippen LogP contribution in [0.15, 0.2) is 24.3 Å². The van der Waals surface area contributed by atoms with Crippen LogP contribution in [0.1, 0.15) is 44.6 Å². The van der Waals surface area contributed by atoms with E-state index in [1.54, 1.807) is 0 Å². The Bertz CT molecular complexity index is 339. The molecule has 0 spiro atoms. The van der Waals surface area contributed by atoms with Crippen molar-refractivity contribution in [3.63, 3.8) is 0 Å². The first-order valence-corrected chi connectivity index (χ1v) is 7.23. The van der Waals surface area contributed by atoms with Gasteiger partial charge in [-0.25, -0.2) is 4.39 Å². The summed E-state index contributed by atoms with van der Waals surface area (Å²) in [7, 11) is 0. The predicted octanol–water partition coefficient (Wildman–Crippen LogP) is 4.13. The first-order chi connectivity index (χ1) is 8.78. The van der Waals surface area contributed by atoms with Gasteiger partial charge in [0.15, 0.2) is 0 Å². The van der Waals surface area contributed by atoms with Crippen LogP contribution in [0.4, 0.5) is 4.39 Å². The molecule has 1 aliphatic carbocycles. The third-order valence-corrected chi connectivity index (χ3v) is 4.22. The second-order valence-electron chi connectivity index (χ2n) is 5.55. The van der Waals surface area contributed by atoms with Crippen LogP contribution in [-0.4, -0.2) is 6.54 Å². The summed E-state index contributed by atoms with van der Waals surface area (Å²) in [6.45, 7) is 4.26. The standard InChI is InChI=1S/C16H24FN/c1-2-13-3-5-14(6-4-13)11-18-12-15-7-9-16(17)10-8-15/h7-10,13-14,18H,2-6,11-12H2,1H3. The molecule has 0 bridgehead atoms. The first-order valence-electron chi connectivity index (χ1n) is 7.23. The molecule has 18 heavy (non-hydrogen) atoms. The Kier molecular flexibility index (Phi) is 5.18. The van der Waals surface area contributed by atoms with Gasteiger partial charge < -0.3 is 5.32 Å². The van der Waals surface area contributed by atoms with Crippen molar-refractivity contribution >= 4 is 0 Å². The minimum atomic E-state index is -0.156. The second kappa shape index (κ2) is 6.89. The van der Waals surface area contributed by atoms with Gasteiger partial charge in [0.25, 0.3) is 0 Å². The average Bonchev–Trinajstić information content (AvgIpc) is 2.42. The van der Waals surface area contributed by atoms with E-state index in [0.29, 0.717) is 0 Å². The number of rotatable bonds is 5. The fourth-order valence-corrected chi connectivity index (χ4v) is 2.87. The minimum Gasteiger partial charge on any atom is -0.312 e. The van der Waals surface area contributed by atoms with Gasteiger partial charge in [-0.3, -0.25) is 0 Å². The summed E-state index contributed by atoms with van der Waals surface area (Å²) in [6.07, 6.45) is 6.89. The Balaban J connectivity index is 1.65. The van der Waals surface area contributed by atoms with Crippen LogP contribution >= 0.6 is 0 Å². The van der Waals surface area contributed by atoms with Crippen LogP contribution in [-0.2, 0) is 6.54 Å². The quantitative estimate of drug-likeness (QED) is 0.827. The molecule has 2 heteroatoms. The molecule has 1 aromatic rings. The van der Waals surface area contributed by atoms with Gasteiger partial charge in [-0.1, -0.05) is 38.3 Å². The van der Waals surface area contributed by atoms with Gasteiger partial charge in [-0.15, -0.1) is 0 Å². The Morgan fingerprint density at radius 2 is 1.67 bits per heavy atom. The van der Waals surface area contributed by atoms with Crippen LogP contribution in [0.2, 0.25) is 0 Å². The SMILES string of the molecule is CCC1CCC(CNCc2ccc(F)cc2)CC1. The van der Waals surface area contributed by atoms with Crippen LogP contribution in [0.3, 0.4) is 0 Å². The maximum absolute atomic E-state index is 12.7. The molecule has 0 aliphatic heterocycles. The molecule has 1 aliphatic rings. The molecule has 1 fully saturated rings. The molecular weight excluding hydrogens is 225 g/mol. The van der Waals surface area contributed by atoms with Crippen molar-refractivity contribution in [1.29, 1.82) is 0 Å². The highest BCUT2D eigenvalue weighted by Crippen LogP contribution is 2.30. The summed E-state index contributed by atoms with van der Waals surface area (Å²) in [6, 6.07) is 6.78. The Morgan fingerprint density at radius 1 is 1.06 bits per heavy atom. The lowest BCUT2D eigenvalue weighted by Gasteiger charge is -2.27. The van der Waals surface area contributed by atoms with Crippen LogP contribution < -0.4 is 5.32 Å². The van der Waals surface area contributed by atoms with Crippen LogP contribution in [0.5, 0.6) is 0 Å². The number of halogens is 1. The van der Waals surface area contributed by atoms with Crippen molar-refractivity contribution in [2.24, 2.45) is 11.8 Å². The van der Waals surface area contributed by atoms with E-state index < -0.39 is 0 Å². The average molecular weight is 249 g/mol. The van der Waals surface area contributed by atoms with Gasteiger partial charge in [-0.05, 0) is 48.9 Å². The fraction of sp³-hybridized carbons (Fsp3) is 0.625. The van der Waals surface area contributed by atoms with E-state index in [1.165, 1.54) is 49.8 Å². The molecule has 1 aromatic carbocycles. The smallest absolute Gasteiger partial charge is 0.123 e. The van der Waals surface area contributed by atoms with Crippen molar-refractivity contribution in [3.05, 3.63) is 35.6 Å². The summed E-state index contributed by atoms with van der Waals surface area (Å²) in [4.78, 5) is 0. The lowest BCUT2D eigenvalue weighted by Crippen LogP contribution is -2.26. The van der Waals surface area contributed by atoms with Crippen LogP contribution in [0, 0.1) is 17.7 Å². The van der Waals surface area contributed by atoms with E-state index in [2.05, 4.69) is 12.2 Å². The van der Waals surface area contributed by atoms with Crippen molar-refractivity contribution in [1.82, 2.24) is 5.32 Å². The normalized spacial score (nSPS) is 24.1. The first kappa shape index (κ1) is 13.5. The fourth-order valence-electron chi connectivity index (χ4n) is 2.87. The molecule has 2 rings (SSSR count). The summed E-state index contributed by atoms with van der Waals surface area (Å²) >= 11 is 0. The Hall–Kier alpha value is -0.890. The summed E-state index contributed by atoms with van der Waals surface area (Å²) in [5, 5.41) is 3.50. The molecule has 1 nitrogen and oxygen atoms in total. The van der Waals surface area contributed by atoms with Crippen molar-refractivity contribution in [3.8, 4) is 0 Å². The largest absolute Gasteiger partial charge is 0.312 e. The molecular formula is C16H24FN. The Morgan fingerprint density at radius 3 is 2.28 bits per heavy atom. The number of benzene rings is 1.